The number of hydrogen-bond acceptors (Lipinski definition) is 7. The van der Waals surface area contributed by atoms with E-state index in [0.717, 1.165) is 11.1 Å². The molecule has 2 amide bonds. The lowest BCUT2D eigenvalue weighted by atomic mass is 10.2. The van der Waals surface area contributed by atoms with Gasteiger partial charge < -0.3 is 13.9 Å². The Morgan fingerprint density at radius 1 is 0.742 bits per heavy atom. The number of carbonyl (C=O) groups excluding carboxylic acids is 3. The zero-order valence-corrected chi connectivity index (χ0v) is 16.3. The fourth-order valence-corrected chi connectivity index (χ4v) is 2.43. The predicted molar refractivity (Wildman–Crippen MR) is 109 cm³/mol. The number of guanidine groups is 1. The standard InChI is InChI=1S/C22H19N3O6/c23-21(25-22(28)30-14-16-9-5-2-6-10-16)24-19(26)17-11-12-18(31-17)20(27)29-13-15-7-3-1-4-8-15/h1-12H,13-14H2,(H3,23,24,25,26,28). The molecule has 0 atom stereocenters. The molecule has 0 bridgehead atoms. The summed E-state index contributed by atoms with van der Waals surface area (Å²) in [6.07, 6.45) is -0.904. The molecule has 0 aliphatic heterocycles. The zero-order chi connectivity index (χ0) is 22.1. The average molecular weight is 421 g/mol. The van der Waals surface area contributed by atoms with Crippen molar-refractivity contribution >= 4 is 23.9 Å². The highest BCUT2D eigenvalue weighted by Crippen LogP contribution is 2.11. The normalized spacial score (nSPS) is 10.1. The van der Waals surface area contributed by atoms with E-state index in [0.29, 0.717) is 0 Å². The summed E-state index contributed by atoms with van der Waals surface area (Å²) in [5, 5.41) is 11.9. The van der Waals surface area contributed by atoms with Gasteiger partial charge in [0.1, 0.15) is 13.2 Å². The third kappa shape index (κ3) is 6.57. The van der Waals surface area contributed by atoms with E-state index in [1.165, 1.54) is 12.1 Å². The van der Waals surface area contributed by atoms with Crippen molar-refractivity contribution in [2.75, 3.05) is 0 Å². The summed E-state index contributed by atoms with van der Waals surface area (Å²) in [7, 11) is 0. The first-order chi connectivity index (χ1) is 15.0. The van der Waals surface area contributed by atoms with Crippen LogP contribution in [0.15, 0.2) is 77.2 Å². The molecule has 2 aromatic carbocycles. The van der Waals surface area contributed by atoms with Gasteiger partial charge >= 0.3 is 12.1 Å². The van der Waals surface area contributed by atoms with Gasteiger partial charge in [0.15, 0.2) is 5.76 Å². The number of ether oxygens (including phenoxy) is 2. The molecular weight excluding hydrogens is 402 g/mol. The van der Waals surface area contributed by atoms with Gasteiger partial charge in [0.25, 0.3) is 5.91 Å². The van der Waals surface area contributed by atoms with Crippen molar-refractivity contribution in [3.63, 3.8) is 0 Å². The highest BCUT2D eigenvalue weighted by molar-refractivity contribution is 6.07. The number of amides is 2. The second kappa shape index (κ2) is 10.4. The van der Waals surface area contributed by atoms with Crippen molar-refractivity contribution in [1.82, 2.24) is 10.6 Å². The smallest absolute Gasteiger partial charge is 0.414 e. The lowest BCUT2D eigenvalue weighted by Crippen LogP contribution is -2.43. The van der Waals surface area contributed by atoms with Crippen molar-refractivity contribution in [3.05, 3.63) is 95.4 Å². The Morgan fingerprint density at radius 2 is 1.29 bits per heavy atom. The molecule has 3 rings (SSSR count). The molecule has 0 aliphatic carbocycles. The van der Waals surface area contributed by atoms with Crippen LogP contribution in [0.3, 0.4) is 0 Å². The number of rotatable bonds is 6. The molecule has 0 saturated heterocycles. The van der Waals surface area contributed by atoms with E-state index in [1.807, 2.05) is 24.3 Å². The van der Waals surface area contributed by atoms with E-state index in [4.69, 9.17) is 19.3 Å². The highest BCUT2D eigenvalue weighted by Gasteiger charge is 2.18. The van der Waals surface area contributed by atoms with E-state index in [-0.39, 0.29) is 24.7 Å². The molecule has 0 saturated carbocycles. The van der Waals surface area contributed by atoms with Crippen LogP contribution in [-0.4, -0.2) is 23.9 Å². The van der Waals surface area contributed by atoms with Gasteiger partial charge in [-0.15, -0.1) is 0 Å². The molecule has 0 fully saturated rings. The first-order valence-electron chi connectivity index (χ1n) is 9.20. The zero-order valence-electron chi connectivity index (χ0n) is 16.3. The Hall–Kier alpha value is -4.40. The Labute approximate surface area is 177 Å². The minimum absolute atomic E-state index is 0.0144. The Kier molecular flexibility index (Phi) is 7.15. The second-order valence-electron chi connectivity index (χ2n) is 6.24. The minimum atomic E-state index is -0.904. The van der Waals surface area contributed by atoms with Gasteiger partial charge in [-0.05, 0) is 23.3 Å². The maximum Gasteiger partial charge on any atom is 0.414 e. The molecule has 0 aliphatic rings. The van der Waals surface area contributed by atoms with Gasteiger partial charge in [-0.2, -0.15) is 0 Å². The molecule has 0 unspecified atom stereocenters. The van der Waals surface area contributed by atoms with Crippen LogP contribution in [0.2, 0.25) is 0 Å². The lowest BCUT2D eigenvalue weighted by Gasteiger charge is -2.08. The van der Waals surface area contributed by atoms with Crippen LogP contribution >= 0.6 is 0 Å². The molecule has 1 heterocycles. The Morgan fingerprint density at radius 3 is 1.90 bits per heavy atom. The van der Waals surface area contributed by atoms with E-state index < -0.39 is 23.9 Å². The van der Waals surface area contributed by atoms with E-state index in [1.54, 1.807) is 36.4 Å². The SMILES string of the molecule is N=C(NC(=O)OCc1ccccc1)NC(=O)c1ccc(C(=O)OCc2ccccc2)o1. The molecular formula is C22H19N3O6. The van der Waals surface area contributed by atoms with Gasteiger partial charge in [0.2, 0.25) is 11.7 Å². The summed E-state index contributed by atoms with van der Waals surface area (Å²) in [5.41, 5.74) is 1.58. The Balaban J connectivity index is 1.44. The number of carbonyl (C=O) groups is 3. The van der Waals surface area contributed by atoms with Crippen molar-refractivity contribution in [3.8, 4) is 0 Å². The lowest BCUT2D eigenvalue weighted by molar-refractivity contribution is 0.0434. The summed E-state index contributed by atoms with van der Waals surface area (Å²) < 4.78 is 15.3. The number of furan rings is 1. The number of alkyl carbamates (subject to hydrolysis) is 1. The number of hydrogen-bond donors (Lipinski definition) is 3. The topological polar surface area (TPSA) is 131 Å². The van der Waals surface area contributed by atoms with Crippen LogP contribution in [0, 0.1) is 5.41 Å². The summed E-state index contributed by atoms with van der Waals surface area (Å²) in [4.78, 5) is 35.9. The molecule has 1 aromatic heterocycles. The summed E-state index contributed by atoms with van der Waals surface area (Å²) in [6, 6.07) is 20.6. The Bertz CT molecular complexity index is 1060. The molecule has 0 radical (unpaired) electrons. The molecule has 3 aromatic rings. The fourth-order valence-electron chi connectivity index (χ4n) is 2.43. The molecule has 31 heavy (non-hydrogen) atoms. The van der Waals surface area contributed by atoms with Gasteiger partial charge in [0.05, 0.1) is 0 Å². The molecule has 3 N–H and O–H groups in total. The third-order valence-corrected chi connectivity index (χ3v) is 3.92. The van der Waals surface area contributed by atoms with Gasteiger partial charge in [-0.3, -0.25) is 20.8 Å². The maximum absolute atomic E-state index is 12.1. The highest BCUT2D eigenvalue weighted by atomic mass is 16.6. The molecule has 9 heteroatoms. The summed E-state index contributed by atoms with van der Waals surface area (Å²) >= 11 is 0. The first-order valence-corrected chi connectivity index (χ1v) is 9.20. The van der Waals surface area contributed by atoms with Crippen molar-refractivity contribution in [1.29, 1.82) is 5.41 Å². The molecule has 0 spiro atoms. The van der Waals surface area contributed by atoms with E-state index >= 15 is 0 Å². The fraction of sp³-hybridized carbons (Fsp3) is 0.0909. The second-order valence-corrected chi connectivity index (χ2v) is 6.24. The van der Waals surface area contributed by atoms with Crippen LogP contribution in [0.25, 0.3) is 0 Å². The monoisotopic (exact) mass is 421 g/mol. The largest absolute Gasteiger partial charge is 0.455 e. The van der Waals surface area contributed by atoms with Crippen LogP contribution in [0.5, 0.6) is 0 Å². The van der Waals surface area contributed by atoms with Gasteiger partial charge in [0, 0.05) is 0 Å². The van der Waals surface area contributed by atoms with Gasteiger partial charge in [-0.1, -0.05) is 60.7 Å². The molecule has 158 valence electrons. The van der Waals surface area contributed by atoms with Crippen molar-refractivity contribution in [2.45, 2.75) is 13.2 Å². The molecule has 9 nitrogen and oxygen atoms in total. The van der Waals surface area contributed by atoms with Crippen molar-refractivity contribution in [2.24, 2.45) is 0 Å². The van der Waals surface area contributed by atoms with Gasteiger partial charge in [-0.25, -0.2) is 9.59 Å². The van der Waals surface area contributed by atoms with Crippen LogP contribution in [0.1, 0.15) is 32.2 Å². The number of benzene rings is 2. The first kappa shape index (κ1) is 21.3. The van der Waals surface area contributed by atoms with E-state index in [9.17, 15) is 14.4 Å². The maximum atomic E-state index is 12.1. The van der Waals surface area contributed by atoms with Crippen LogP contribution in [-0.2, 0) is 22.7 Å². The van der Waals surface area contributed by atoms with Crippen molar-refractivity contribution < 1.29 is 28.3 Å². The third-order valence-electron chi connectivity index (χ3n) is 3.92. The van der Waals surface area contributed by atoms with E-state index in [2.05, 4.69) is 10.6 Å². The predicted octanol–water partition coefficient (Wildman–Crippen LogP) is 3.23. The summed E-state index contributed by atoms with van der Waals surface area (Å²) in [5.74, 6) is -2.55. The number of nitrogens with one attached hydrogen (secondary N) is 3. The average Bonchev–Trinajstić information content (AvgIpc) is 3.28. The quantitative estimate of drug-likeness (QED) is 0.318. The summed E-state index contributed by atoms with van der Waals surface area (Å²) in [6.45, 7) is 0.0715. The number of esters is 1. The minimum Gasteiger partial charge on any atom is -0.455 e. The van der Waals surface area contributed by atoms with Crippen LogP contribution in [0.4, 0.5) is 4.79 Å². The van der Waals surface area contributed by atoms with Crippen LogP contribution < -0.4 is 10.6 Å².